The van der Waals surface area contributed by atoms with Gasteiger partial charge in [0.15, 0.2) is 6.10 Å². The van der Waals surface area contributed by atoms with Gasteiger partial charge in [0.1, 0.15) is 13.2 Å². The number of esters is 3. The summed E-state index contributed by atoms with van der Waals surface area (Å²) in [6, 6.07) is 0. The van der Waals surface area contributed by atoms with Gasteiger partial charge in [-0.05, 0) is 57.8 Å². The summed E-state index contributed by atoms with van der Waals surface area (Å²) in [6.45, 7) is 6.69. The first kappa shape index (κ1) is 73.6. The minimum Gasteiger partial charge on any atom is -0.462 e. The van der Waals surface area contributed by atoms with Gasteiger partial charge in [-0.25, -0.2) is 0 Å². The Bertz CT molecular complexity index is 1270. The Kier molecular flexibility index (Phi) is 63.1. The van der Waals surface area contributed by atoms with E-state index in [0.717, 1.165) is 77.0 Å². The van der Waals surface area contributed by atoms with Crippen molar-refractivity contribution < 1.29 is 28.6 Å². The second kappa shape index (κ2) is 65.2. The van der Waals surface area contributed by atoms with Gasteiger partial charge in [-0.1, -0.05) is 333 Å². The molecule has 0 aliphatic heterocycles. The number of carbonyl (C=O) groups excluding carboxylic acids is 3. The summed E-state index contributed by atoms with van der Waals surface area (Å²) in [5.74, 6) is -0.856. The van der Waals surface area contributed by atoms with Crippen LogP contribution in [0.4, 0.5) is 0 Å². The average Bonchev–Trinajstić information content (AvgIpc) is 3.42. The van der Waals surface area contributed by atoms with Crippen LogP contribution in [0.2, 0.25) is 0 Å². The van der Waals surface area contributed by atoms with Crippen LogP contribution in [0.5, 0.6) is 0 Å². The first-order valence-electron chi connectivity index (χ1n) is 34.0. The number of unbranched alkanes of at least 4 members (excludes halogenated alkanes) is 46. The molecule has 0 saturated heterocycles. The molecule has 0 radical (unpaired) electrons. The van der Waals surface area contributed by atoms with Crippen molar-refractivity contribution in [1.29, 1.82) is 0 Å². The van der Waals surface area contributed by atoms with Crippen molar-refractivity contribution >= 4 is 17.9 Å². The first-order chi connectivity index (χ1) is 37.5. The van der Waals surface area contributed by atoms with Gasteiger partial charge in [-0.15, -0.1) is 0 Å². The molecule has 0 aliphatic carbocycles. The van der Waals surface area contributed by atoms with Crippen LogP contribution in [0.1, 0.15) is 374 Å². The predicted octanol–water partition coefficient (Wildman–Crippen LogP) is 23.2. The summed E-state index contributed by atoms with van der Waals surface area (Å²) in [7, 11) is 0. The smallest absolute Gasteiger partial charge is 0.306 e. The zero-order valence-corrected chi connectivity index (χ0v) is 51.3. The van der Waals surface area contributed by atoms with E-state index in [4.69, 9.17) is 14.2 Å². The topological polar surface area (TPSA) is 78.9 Å². The highest BCUT2D eigenvalue weighted by atomic mass is 16.6. The van der Waals surface area contributed by atoms with E-state index < -0.39 is 6.10 Å². The van der Waals surface area contributed by atoms with Crippen molar-refractivity contribution in [2.75, 3.05) is 13.2 Å². The Morgan fingerprint density at radius 1 is 0.263 bits per heavy atom. The molecule has 0 aromatic heterocycles. The van der Waals surface area contributed by atoms with Crippen LogP contribution in [-0.4, -0.2) is 37.2 Å². The van der Waals surface area contributed by atoms with Gasteiger partial charge in [0, 0.05) is 19.3 Å². The van der Waals surface area contributed by atoms with E-state index >= 15 is 0 Å². The Balaban J connectivity index is 4.32. The lowest BCUT2D eigenvalue weighted by atomic mass is 10.0. The van der Waals surface area contributed by atoms with Crippen LogP contribution < -0.4 is 0 Å². The highest BCUT2D eigenvalue weighted by molar-refractivity contribution is 5.71. The van der Waals surface area contributed by atoms with Crippen LogP contribution in [0.3, 0.4) is 0 Å². The van der Waals surface area contributed by atoms with Crippen LogP contribution in [0.25, 0.3) is 0 Å². The fraction of sp³-hybridized carbons (Fsp3) is 0.871. The summed E-state index contributed by atoms with van der Waals surface area (Å²) < 4.78 is 17.0. The van der Waals surface area contributed by atoms with Crippen LogP contribution in [-0.2, 0) is 28.6 Å². The Morgan fingerprint density at radius 2 is 0.474 bits per heavy atom. The molecule has 0 aliphatic rings. The highest BCUT2D eigenvalue weighted by Crippen LogP contribution is 2.18. The zero-order valence-electron chi connectivity index (χ0n) is 51.3. The fourth-order valence-electron chi connectivity index (χ4n) is 10.3. The van der Waals surface area contributed by atoms with Gasteiger partial charge in [0.05, 0.1) is 0 Å². The average molecular weight is 1070 g/mol. The minimum absolute atomic E-state index is 0.0719. The Morgan fingerprint density at radius 3 is 0.737 bits per heavy atom. The van der Waals surface area contributed by atoms with Gasteiger partial charge >= 0.3 is 17.9 Å². The summed E-state index contributed by atoms with van der Waals surface area (Å²) in [5.41, 5.74) is 0. The lowest BCUT2D eigenvalue weighted by Gasteiger charge is -2.18. The first-order valence-corrected chi connectivity index (χ1v) is 34.0. The molecule has 0 aromatic carbocycles. The molecule has 0 amide bonds. The van der Waals surface area contributed by atoms with Crippen molar-refractivity contribution in [3.05, 3.63) is 36.5 Å². The van der Waals surface area contributed by atoms with Crippen molar-refractivity contribution in [3.63, 3.8) is 0 Å². The summed E-state index contributed by atoms with van der Waals surface area (Å²) >= 11 is 0. The monoisotopic (exact) mass is 1070 g/mol. The second-order valence-corrected chi connectivity index (χ2v) is 23.1. The molecule has 0 fully saturated rings. The maximum atomic E-state index is 12.9. The normalized spacial score (nSPS) is 12.2. The summed E-state index contributed by atoms with van der Waals surface area (Å²) in [6.07, 6.45) is 80.1. The van der Waals surface area contributed by atoms with Gasteiger partial charge in [0.2, 0.25) is 0 Å². The van der Waals surface area contributed by atoms with Crippen LogP contribution in [0, 0.1) is 0 Å². The zero-order chi connectivity index (χ0) is 55.0. The van der Waals surface area contributed by atoms with Crippen LogP contribution >= 0.6 is 0 Å². The van der Waals surface area contributed by atoms with E-state index in [1.807, 2.05) is 0 Å². The number of rotatable bonds is 63. The van der Waals surface area contributed by atoms with E-state index in [2.05, 4.69) is 57.2 Å². The SMILES string of the molecule is CCCCCCC/C=C\C/C=C\C/C=C\CCCCCCCCC(=O)OC(COC(=O)CCCCCCCCCCCCCCCCC)COC(=O)CCCCCCCCCCCCCCCCCCCCCCCC. The fourth-order valence-corrected chi connectivity index (χ4v) is 10.3. The molecule has 0 spiro atoms. The van der Waals surface area contributed by atoms with E-state index in [1.54, 1.807) is 0 Å². The molecule has 0 bridgehead atoms. The number of allylic oxidation sites excluding steroid dienone is 6. The molecule has 0 aromatic rings. The molecule has 76 heavy (non-hydrogen) atoms. The largest absolute Gasteiger partial charge is 0.462 e. The van der Waals surface area contributed by atoms with E-state index in [0.29, 0.717) is 19.3 Å². The summed E-state index contributed by atoms with van der Waals surface area (Å²) in [4.78, 5) is 38.4. The quantitative estimate of drug-likeness (QED) is 0.0261. The molecular formula is C70H130O6. The van der Waals surface area contributed by atoms with Crippen molar-refractivity contribution in [1.82, 2.24) is 0 Å². The summed E-state index contributed by atoms with van der Waals surface area (Å²) in [5, 5.41) is 0. The van der Waals surface area contributed by atoms with E-state index in [9.17, 15) is 14.4 Å². The molecule has 6 heteroatoms. The lowest BCUT2D eigenvalue weighted by molar-refractivity contribution is -0.167. The maximum Gasteiger partial charge on any atom is 0.306 e. The minimum atomic E-state index is -0.777. The standard InChI is InChI=1S/C70H130O6/c1-4-7-10-13-16-19-22-25-28-30-32-34-36-37-39-42-45-48-51-54-57-60-63-69(72)75-66-67(65-74-68(71)62-59-56-53-50-47-44-41-27-24-21-18-15-12-9-6-3)76-70(73)64-61-58-55-52-49-46-43-40-38-35-33-31-29-26-23-20-17-14-11-8-5-2/h23,26,31,33,38,40,67H,4-22,24-25,27-30,32,34-37,39,41-66H2,1-3H3/b26-23-,33-31-,40-38-. The third-order valence-electron chi connectivity index (χ3n) is 15.4. The van der Waals surface area contributed by atoms with Crippen molar-refractivity contribution in [3.8, 4) is 0 Å². The predicted molar refractivity (Wildman–Crippen MR) is 330 cm³/mol. The van der Waals surface area contributed by atoms with Crippen molar-refractivity contribution in [2.24, 2.45) is 0 Å². The molecule has 6 nitrogen and oxygen atoms in total. The highest BCUT2D eigenvalue weighted by Gasteiger charge is 2.19. The maximum absolute atomic E-state index is 12.9. The Hall–Kier alpha value is -2.37. The van der Waals surface area contributed by atoms with Crippen LogP contribution in [0.15, 0.2) is 36.5 Å². The van der Waals surface area contributed by atoms with Gasteiger partial charge < -0.3 is 14.2 Å². The molecule has 1 atom stereocenters. The van der Waals surface area contributed by atoms with Crippen molar-refractivity contribution in [2.45, 2.75) is 380 Å². The van der Waals surface area contributed by atoms with E-state index in [-0.39, 0.29) is 31.1 Å². The van der Waals surface area contributed by atoms with E-state index in [1.165, 1.54) is 257 Å². The van der Waals surface area contributed by atoms with Gasteiger partial charge in [-0.3, -0.25) is 14.4 Å². The number of hydrogen-bond donors (Lipinski definition) is 0. The van der Waals surface area contributed by atoms with Gasteiger partial charge in [-0.2, -0.15) is 0 Å². The third-order valence-corrected chi connectivity index (χ3v) is 15.4. The third kappa shape index (κ3) is 62.5. The number of carbonyl (C=O) groups is 3. The molecule has 0 heterocycles. The molecular weight excluding hydrogens is 937 g/mol. The Labute approximate surface area is 474 Å². The second-order valence-electron chi connectivity index (χ2n) is 23.1. The van der Waals surface area contributed by atoms with Gasteiger partial charge in [0.25, 0.3) is 0 Å². The molecule has 446 valence electrons. The molecule has 0 N–H and O–H groups in total. The number of ether oxygens (including phenoxy) is 3. The molecule has 0 rings (SSSR count). The lowest BCUT2D eigenvalue weighted by Crippen LogP contribution is -2.30. The number of hydrogen-bond acceptors (Lipinski definition) is 6. The molecule has 0 saturated carbocycles. The molecule has 1 unspecified atom stereocenters.